The van der Waals surface area contributed by atoms with Gasteiger partial charge in [-0.2, -0.15) is 13.2 Å². The number of carboxylic acids is 1. The first-order valence-corrected chi connectivity index (χ1v) is 12.7. The van der Waals surface area contributed by atoms with E-state index in [9.17, 15) is 27.9 Å². The molecule has 1 fully saturated rings. The van der Waals surface area contributed by atoms with Crippen LogP contribution >= 0.6 is 0 Å². The van der Waals surface area contributed by atoms with Gasteiger partial charge in [0.05, 0.1) is 5.56 Å². The fourth-order valence-corrected chi connectivity index (χ4v) is 4.37. The van der Waals surface area contributed by atoms with Crippen molar-refractivity contribution in [2.75, 3.05) is 5.32 Å². The Labute approximate surface area is 228 Å². The van der Waals surface area contributed by atoms with Crippen LogP contribution in [0.5, 0.6) is 0 Å². The quantitative estimate of drug-likeness (QED) is 0.255. The van der Waals surface area contributed by atoms with Crippen LogP contribution in [0.1, 0.15) is 64.1 Å². The summed E-state index contributed by atoms with van der Waals surface area (Å²) in [5.41, 5.74) is 6.60. The van der Waals surface area contributed by atoms with Crippen LogP contribution in [0.3, 0.4) is 0 Å². The standard InChI is InChI=1S/C21H20F3N5O3.C7H9N/c1-11(13-3-2-4-13)25-17-16-18(28-19(27-17)20(31)32)26-15(10-30)29(16)9-12-5-7-14(8-6-12)21(22,23)24;8-6-7-4-2-1-3-5-7/h5-8,10-11,13H,2-4,9H2,1H3,(H,31,32)(H,25,27,28);1-5H,6,8H2/t11-;/m1./s1. The summed E-state index contributed by atoms with van der Waals surface area (Å²) < 4.78 is 40.1. The number of carbonyl (C=O) groups excluding carboxylic acids is 1. The molecule has 0 bridgehead atoms. The fourth-order valence-electron chi connectivity index (χ4n) is 4.37. The van der Waals surface area contributed by atoms with Crippen molar-refractivity contribution in [1.82, 2.24) is 19.5 Å². The first-order valence-electron chi connectivity index (χ1n) is 12.7. The van der Waals surface area contributed by atoms with Crippen molar-refractivity contribution in [2.45, 2.75) is 51.5 Å². The number of aromatic nitrogens is 4. The Bertz CT molecular complexity index is 1470. The van der Waals surface area contributed by atoms with Crippen LogP contribution in [0.2, 0.25) is 0 Å². The van der Waals surface area contributed by atoms with Gasteiger partial charge in [0, 0.05) is 19.1 Å². The van der Waals surface area contributed by atoms with Gasteiger partial charge in [0.2, 0.25) is 5.82 Å². The molecule has 0 spiro atoms. The number of imidazole rings is 1. The molecule has 0 amide bonds. The van der Waals surface area contributed by atoms with E-state index in [0.29, 0.717) is 29.8 Å². The van der Waals surface area contributed by atoms with E-state index in [2.05, 4.69) is 20.3 Å². The molecule has 5 rings (SSSR count). The molecule has 1 aliphatic carbocycles. The van der Waals surface area contributed by atoms with E-state index in [1.165, 1.54) is 22.3 Å². The number of alkyl halides is 3. The number of carbonyl (C=O) groups is 2. The van der Waals surface area contributed by atoms with Crippen molar-refractivity contribution in [3.8, 4) is 0 Å². The molecule has 0 radical (unpaired) electrons. The number of nitrogens with zero attached hydrogens (tertiary/aromatic N) is 4. The Morgan fingerprint density at radius 3 is 2.27 bits per heavy atom. The summed E-state index contributed by atoms with van der Waals surface area (Å²) in [6.07, 6.45) is -0.760. The van der Waals surface area contributed by atoms with E-state index in [-0.39, 0.29) is 29.9 Å². The molecular weight excluding hydrogens is 525 g/mol. The van der Waals surface area contributed by atoms with Crippen molar-refractivity contribution < 1.29 is 27.9 Å². The summed E-state index contributed by atoms with van der Waals surface area (Å²) in [7, 11) is 0. The lowest BCUT2D eigenvalue weighted by molar-refractivity contribution is -0.137. The van der Waals surface area contributed by atoms with Crippen molar-refractivity contribution in [1.29, 1.82) is 0 Å². The number of nitrogens with two attached hydrogens (primary N) is 1. The lowest BCUT2D eigenvalue weighted by atomic mass is 9.80. The molecule has 4 aromatic rings. The molecule has 12 heteroatoms. The molecule has 9 nitrogen and oxygen atoms in total. The summed E-state index contributed by atoms with van der Waals surface area (Å²) in [6, 6.07) is 14.6. The molecule has 1 saturated carbocycles. The highest BCUT2D eigenvalue weighted by molar-refractivity contribution is 5.92. The number of fused-ring (bicyclic) bond motifs is 1. The molecule has 4 N–H and O–H groups in total. The monoisotopic (exact) mass is 554 g/mol. The number of aromatic carboxylic acids is 1. The largest absolute Gasteiger partial charge is 0.475 e. The maximum absolute atomic E-state index is 12.9. The van der Waals surface area contributed by atoms with Crippen LogP contribution < -0.4 is 11.1 Å². The van der Waals surface area contributed by atoms with Gasteiger partial charge in [0.1, 0.15) is 5.52 Å². The fraction of sp³-hybridized carbons (Fsp3) is 0.321. The Kier molecular flexibility index (Phi) is 8.78. The second kappa shape index (κ2) is 12.2. The van der Waals surface area contributed by atoms with E-state index >= 15 is 0 Å². The van der Waals surface area contributed by atoms with Crippen molar-refractivity contribution in [2.24, 2.45) is 11.7 Å². The van der Waals surface area contributed by atoms with E-state index in [0.717, 1.165) is 31.4 Å². The number of anilines is 1. The van der Waals surface area contributed by atoms with Crippen molar-refractivity contribution in [3.63, 3.8) is 0 Å². The summed E-state index contributed by atoms with van der Waals surface area (Å²) in [5, 5.41) is 12.6. The predicted octanol–water partition coefficient (Wildman–Crippen LogP) is 5.15. The van der Waals surface area contributed by atoms with Crippen LogP contribution in [0.4, 0.5) is 19.0 Å². The van der Waals surface area contributed by atoms with Crippen molar-refractivity contribution in [3.05, 3.63) is 82.9 Å². The highest BCUT2D eigenvalue weighted by atomic mass is 19.4. The Hall–Kier alpha value is -4.32. The summed E-state index contributed by atoms with van der Waals surface area (Å²) in [6.45, 7) is 2.64. The lowest BCUT2D eigenvalue weighted by Crippen LogP contribution is -2.31. The molecular formula is C28H29F3N6O3. The van der Waals surface area contributed by atoms with Gasteiger partial charge in [0.15, 0.2) is 23.6 Å². The minimum absolute atomic E-state index is 0.00223. The Morgan fingerprint density at radius 2 is 1.77 bits per heavy atom. The summed E-state index contributed by atoms with van der Waals surface area (Å²) >= 11 is 0. The number of benzene rings is 2. The molecule has 1 aliphatic rings. The van der Waals surface area contributed by atoms with Crippen LogP contribution in [-0.2, 0) is 19.3 Å². The first-order chi connectivity index (χ1) is 19.1. The second-order valence-corrected chi connectivity index (χ2v) is 9.56. The molecule has 2 heterocycles. The highest BCUT2D eigenvalue weighted by Gasteiger charge is 2.30. The van der Waals surface area contributed by atoms with E-state index in [1.807, 2.05) is 37.3 Å². The molecule has 2 aromatic carbocycles. The van der Waals surface area contributed by atoms with Gasteiger partial charge >= 0.3 is 12.1 Å². The third-order valence-corrected chi connectivity index (χ3v) is 6.85. The Balaban J connectivity index is 0.000000398. The number of nitrogens with one attached hydrogen (secondary N) is 1. The van der Waals surface area contributed by atoms with Gasteiger partial charge in [-0.15, -0.1) is 0 Å². The third-order valence-electron chi connectivity index (χ3n) is 6.85. The van der Waals surface area contributed by atoms with E-state index in [4.69, 9.17) is 5.73 Å². The van der Waals surface area contributed by atoms with Crippen LogP contribution in [0, 0.1) is 5.92 Å². The molecule has 2 aromatic heterocycles. The molecule has 210 valence electrons. The van der Waals surface area contributed by atoms with Gasteiger partial charge < -0.3 is 20.7 Å². The van der Waals surface area contributed by atoms with E-state index < -0.39 is 23.5 Å². The number of halogens is 3. The minimum Gasteiger partial charge on any atom is -0.475 e. The highest BCUT2D eigenvalue weighted by Crippen LogP contribution is 2.33. The number of aldehydes is 1. The average Bonchev–Trinajstić information content (AvgIpc) is 3.25. The Morgan fingerprint density at radius 1 is 1.10 bits per heavy atom. The zero-order chi connectivity index (χ0) is 28.9. The van der Waals surface area contributed by atoms with Gasteiger partial charge in [-0.25, -0.2) is 19.7 Å². The number of carboxylic acid groups (broad SMARTS) is 1. The van der Waals surface area contributed by atoms with Gasteiger partial charge in [-0.05, 0) is 48.9 Å². The maximum Gasteiger partial charge on any atom is 0.416 e. The molecule has 1 atom stereocenters. The van der Waals surface area contributed by atoms with E-state index in [1.54, 1.807) is 0 Å². The van der Waals surface area contributed by atoms with Gasteiger partial charge in [0.25, 0.3) is 0 Å². The zero-order valence-corrected chi connectivity index (χ0v) is 21.7. The summed E-state index contributed by atoms with van der Waals surface area (Å²) in [4.78, 5) is 35.4. The topological polar surface area (TPSA) is 136 Å². The number of hydrogen-bond donors (Lipinski definition) is 3. The SMILES string of the molecule is C[C@@H](Nc1nc(C(=O)O)nc2nc(C=O)n(Cc3ccc(C(F)(F)F)cc3)c12)C1CCC1.NCc1ccccc1. The van der Waals surface area contributed by atoms with Crippen LogP contribution in [-0.4, -0.2) is 42.9 Å². The van der Waals surface area contributed by atoms with Crippen LogP contribution in [0.25, 0.3) is 11.2 Å². The average molecular weight is 555 g/mol. The van der Waals surface area contributed by atoms with Crippen LogP contribution in [0.15, 0.2) is 54.6 Å². The molecule has 0 unspecified atom stereocenters. The predicted molar refractivity (Wildman–Crippen MR) is 143 cm³/mol. The number of hydrogen-bond acceptors (Lipinski definition) is 7. The summed E-state index contributed by atoms with van der Waals surface area (Å²) in [5.74, 6) is -1.20. The smallest absolute Gasteiger partial charge is 0.416 e. The zero-order valence-electron chi connectivity index (χ0n) is 21.7. The van der Waals surface area contributed by atoms with Gasteiger partial charge in [-0.1, -0.05) is 48.9 Å². The molecule has 0 aliphatic heterocycles. The molecule has 40 heavy (non-hydrogen) atoms. The minimum atomic E-state index is -4.45. The maximum atomic E-state index is 12.9. The molecule has 0 saturated heterocycles. The van der Waals surface area contributed by atoms with Crippen molar-refractivity contribution >= 4 is 29.2 Å². The lowest BCUT2D eigenvalue weighted by Gasteiger charge is -2.32. The number of rotatable bonds is 8. The third kappa shape index (κ3) is 6.63. The van der Waals surface area contributed by atoms with Gasteiger partial charge in [-0.3, -0.25) is 4.79 Å². The first kappa shape index (κ1) is 28.7. The normalized spacial score (nSPS) is 14.1. The second-order valence-electron chi connectivity index (χ2n) is 9.56.